The molecule has 0 aliphatic carbocycles. The number of nitriles is 1. The lowest BCUT2D eigenvalue weighted by Gasteiger charge is -2.06. The van der Waals surface area contributed by atoms with Crippen molar-refractivity contribution in [3.63, 3.8) is 0 Å². The van der Waals surface area contributed by atoms with Crippen LogP contribution in [0.2, 0.25) is 5.02 Å². The van der Waals surface area contributed by atoms with Gasteiger partial charge in [0.05, 0.1) is 39.1 Å². The van der Waals surface area contributed by atoms with Crippen LogP contribution in [0.1, 0.15) is 10.6 Å². The smallest absolute Gasteiger partial charge is 0.113 e. The van der Waals surface area contributed by atoms with Gasteiger partial charge in [-0.05, 0) is 30.3 Å². The minimum absolute atomic E-state index is 0.546. The molecule has 3 rings (SSSR count). The van der Waals surface area contributed by atoms with Crippen LogP contribution in [0, 0.1) is 11.3 Å². The second-order valence-corrected chi connectivity index (χ2v) is 5.76. The summed E-state index contributed by atoms with van der Waals surface area (Å²) in [7, 11) is 0. The van der Waals surface area contributed by atoms with Gasteiger partial charge in [-0.25, -0.2) is 4.98 Å². The van der Waals surface area contributed by atoms with Crippen LogP contribution in [0.15, 0.2) is 42.5 Å². The summed E-state index contributed by atoms with van der Waals surface area (Å²) in [6.07, 6.45) is 0. The SMILES string of the molecule is N#Cc1ccc(NCc2nc3ccccc3s2)c(Cl)c1. The largest absolute Gasteiger partial charge is 0.377 e. The van der Waals surface area contributed by atoms with Crippen LogP contribution in [-0.4, -0.2) is 4.98 Å². The Labute approximate surface area is 125 Å². The van der Waals surface area contributed by atoms with Gasteiger partial charge in [0, 0.05) is 0 Å². The fourth-order valence-corrected chi connectivity index (χ4v) is 3.05. The minimum Gasteiger partial charge on any atom is -0.377 e. The van der Waals surface area contributed by atoms with Gasteiger partial charge in [-0.3, -0.25) is 0 Å². The number of para-hydroxylation sites is 1. The van der Waals surface area contributed by atoms with E-state index in [1.165, 1.54) is 4.70 Å². The molecule has 0 saturated carbocycles. The van der Waals surface area contributed by atoms with Crippen molar-refractivity contribution in [1.82, 2.24) is 4.98 Å². The molecule has 98 valence electrons. The van der Waals surface area contributed by atoms with E-state index in [0.29, 0.717) is 17.1 Å². The molecule has 0 atom stereocenters. The van der Waals surface area contributed by atoms with E-state index in [1.54, 1.807) is 23.5 Å². The second kappa shape index (κ2) is 5.49. The summed E-state index contributed by atoms with van der Waals surface area (Å²) in [4.78, 5) is 4.55. The summed E-state index contributed by atoms with van der Waals surface area (Å²) < 4.78 is 1.18. The summed E-state index contributed by atoms with van der Waals surface area (Å²) in [6.45, 7) is 0.616. The number of hydrogen-bond acceptors (Lipinski definition) is 4. The number of hydrogen-bond donors (Lipinski definition) is 1. The van der Waals surface area contributed by atoms with Gasteiger partial charge in [-0.15, -0.1) is 11.3 Å². The zero-order valence-electron chi connectivity index (χ0n) is 10.4. The van der Waals surface area contributed by atoms with Gasteiger partial charge in [0.15, 0.2) is 0 Å². The molecular formula is C15H10ClN3S. The van der Waals surface area contributed by atoms with E-state index in [-0.39, 0.29) is 0 Å². The molecule has 3 nitrogen and oxygen atoms in total. The fraction of sp³-hybridized carbons (Fsp3) is 0.0667. The molecule has 3 aromatic rings. The third-order valence-corrected chi connectivity index (χ3v) is 4.22. The highest BCUT2D eigenvalue weighted by Crippen LogP contribution is 2.25. The maximum atomic E-state index is 8.80. The Hall–Kier alpha value is -2.09. The lowest BCUT2D eigenvalue weighted by molar-refractivity contribution is 1.12. The number of fused-ring (bicyclic) bond motifs is 1. The maximum Gasteiger partial charge on any atom is 0.113 e. The van der Waals surface area contributed by atoms with E-state index in [4.69, 9.17) is 16.9 Å². The normalized spacial score (nSPS) is 10.4. The molecular weight excluding hydrogens is 290 g/mol. The van der Waals surface area contributed by atoms with Crippen LogP contribution in [0.3, 0.4) is 0 Å². The molecule has 1 heterocycles. The molecule has 20 heavy (non-hydrogen) atoms. The van der Waals surface area contributed by atoms with Crippen molar-refractivity contribution in [2.75, 3.05) is 5.32 Å². The van der Waals surface area contributed by atoms with Crippen molar-refractivity contribution in [3.05, 3.63) is 58.1 Å². The third kappa shape index (κ3) is 2.60. The molecule has 0 radical (unpaired) electrons. The Balaban J connectivity index is 1.77. The number of nitrogens with one attached hydrogen (secondary N) is 1. The summed E-state index contributed by atoms with van der Waals surface area (Å²) >= 11 is 7.78. The van der Waals surface area contributed by atoms with Crippen molar-refractivity contribution >= 4 is 38.8 Å². The van der Waals surface area contributed by atoms with E-state index in [9.17, 15) is 0 Å². The van der Waals surface area contributed by atoms with Crippen molar-refractivity contribution in [2.45, 2.75) is 6.54 Å². The number of aromatic nitrogens is 1. The van der Waals surface area contributed by atoms with Crippen LogP contribution in [0.4, 0.5) is 5.69 Å². The Morgan fingerprint density at radius 1 is 1.25 bits per heavy atom. The predicted molar refractivity (Wildman–Crippen MR) is 83.1 cm³/mol. The Kier molecular flexibility index (Phi) is 3.55. The molecule has 2 aromatic carbocycles. The van der Waals surface area contributed by atoms with Gasteiger partial charge in [0.1, 0.15) is 5.01 Å². The summed E-state index contributed by atoms with van der Waals surface area (Å²) in [6, 6.07) is 15.3. The van der Waals surface area contributed by atoms with E-state index < -0.39 is 0 Å². The molecule has 0 amide bonds. The molecule has 0 fully saturated rings. The first kappa shape index (κ1) is 12.9. The van der Waals surface area contributed by atoms with Crippen LogP contribution in [0.25, 0.3) is 10.2 Å². The number of nitrogens with zero attached hydrogens (tertiary/aromatic N) is 2. The van der Waals surface area contributed by atoms with Gasteiger partial charge < -0.3 is 5.32 Å². The Bertz CT molecular complexity index is 771. The molecule has 0 bridgehead atoms. The lowest BCUT2D eigenvalue weighted by atomic mass is 10.2. The summed E-state index contributed by atoms with van der Waals surface area (Å²) in [5.41, 5.74) is 2.38. The number of halogens is 1. The number of anilines is 1. The first-order valence-corrected chi connectivity index (χ1v) is 7.24. The molecule has 0 spiro atoms. The van der Waals surface area contributed by atoms with Crippen LogP contribution in [0.5, 0.6) is 0 Å². The standard InChI is InChI=1S/C15H10ClN3S/c16-11-7-10(8-17)5-6-12(11)18-9-15-19-13-3-1-2-4-14(13)20-15/h1-7,18H,9H2. The van der Waals surface area contributed by atoms with E-state index in [2.05, 4.69) is 22.4 Å². The predicted octanol–water partition coefficient (Wildman–Crippen LogP) is 4.43. The highest BCUT2D eigenvalue weighted by molar-refractivity contribution is 7.18. The van der Waals surface area contributed by atoms with Crippen molar-refractivity contribution in [2.24, 2.45) is 0 Å². The maximum absolute atomic E-state index is 8.80. The molecule has 1 N–H and O–H groups in total. The average molecular weight is 300 g/mol. The van der Waals surface area contributed by atoms with Gasteiger partial charge >= 0.3 is 0 Å². The molecule has 0 saturated heterocycles. The van der Waals surface area contributed by atoms with E-state index >= 15 is 0 Å². The monoisotopic (exact) mass is 299 g/mol. The van der Waals surface area contributed by atoms with Crippen LogP contribution in [-0.2, 0) is 6.54 Å². The first-order valence-electron chi connectivity index (χ1n) is 6.04. The molecule has 5 heteroatoms. The summed E-state index contributed by atoms with van der Waals surface area (Å²) in [5.74, 6) is 0. The fourth-order valence-electron chi connectivity index (χ4n) is 1.89. The first-order chi connectivity index (χ1) is 9.76. The molecule has 0 aliphatic rings. The Morgan fingerprint density at radius 3 is 2.85 bits per heavy atom. The third-order valence-electron chi connectivity index (χ3n) is 2.87. The molecule has 1 aromatic heterocycles. The highest BCUT2D eigenvalue weighted by Gasteiger charge is 2.05. The zero-order valence-corrected chi connectivity index (χ0v) is 12.0. The lowest BCUT2D eigenvalue weighted by Crippen LogP contribution is -1.99. The number of thiazole rings is 1. The Morgan fingerprint density at radius 2 is 2.10 bits per heavy atom. The number of benzene rings is 2. The summed E-state index contributed by atoms with van der Waals surface area (Å²) in [5, 5.41) is 13.6. The quantitative estimate of drug-likeness (QED) is 0.778. The van der Waals surface area contributed by atoms with E-state index in [1.807, 2.05) is 24.3 Å². The molecule has 0 aliphatic heterocycles. The second-order valence-electron chi connectivity index (χ2n) is 4.24. The van der Waals surface area contributed by atoms with Gasteiger partial charge in [0.25, 0.3) is 0 Å². The van der Waals surface area contributed by atoms with Crippen LogP contribution >= 0.6 is 22.9 Å². The topological polar surface area (TPSA) is 48.7 Å². The number of rotatable bonds is 3. The van der Waals surface area contributed by atoms with Gasteiger partial charge in [-0.1, -0.05) is 23.7 Å². The minimum atomic E-state index is 0.546. The zero-order chi connectivity index (χ0) is 13.9. The van der Waals surface area contributed by atoms with Crippen molar-refractivity contribution in [3.8, 4) is 6.07 Å². The van der Waals surface area contributed by atoms with Gasteiger partial charge in [0.2, 0.25) is 0 Å². The van der Waals surface area contributed by atoms with Crippen molar-refractivity contribution in [1.29, 1.82) is 5.26 Å². The molecule has 0 unspecified atom stereocenters. The van der Waals surface area contributed by atoms with Crippen molar-refractivity contribution < 1.29 is 0 Å². The van der Waals surface area contributed by atoms with Crippen LogP contribution < -0.4 is 5.32 Å². The van der Waals surface area contributed by atoms with Gasteiger partial charge in [-0.2, -0.15) is 5.26 Å². The average Bonchev–Trinajstić information content (AvgIpc) is 2.88. The highest BCUT2D eigenvalue weighted by atomic mass is 35.5. The van der Waals surface area contributed by atoms with E-state index in [0.717, 1.165) is 16.2 Å².